The zero-order valence-corrected chi connectivity index (χ0v) is 7.86. The van der Waals surface area contributed by atoms with Crippen molar-refractivity contribution in [2.75, 3.05) is 0 Å². The van der Waals surface area contributed by atoms with Crippen molar-refractivity contribution in [2.24, 2.45) is 0 Å². The third-order valence-electron chi connectivity index (χ3n) is 1.88. The van der Waals surface area contributed by atoms with Gasteiger partial charge in [0, 0.05) is 22.8 Å². The van der Waals surface area contributed by atoms with E-state index in [1.807, 2.05) is 0 Å². The highest BCUT2D eigenvalue weighted by Gasteiger charge is 2.13. The first kappa shape index (κ1) is 7.80. The SMILES string of the molecule is FC1=C2C=CNC(=C(Br)C=C1)C2. The topological polar surface area (TPSA) is 12.0 Å². The molecule has 12 heavy (non-hydrogen) atoms. The molecule has 0 aromatic heterocycles. The van der Waals surface area contributed by atoms with Gasteiger partial charge in [0.1, 0.15) is 5.83 Å². The second-order valence-corrected chi connectivity index (χ2v) is 3.54. The molecule has 3 heteroatoms. The number of fused-ring (bicyclic) bond motifs is 2. The van der Waals surface area contributed by atoms with Crippen molar-refractivity contribution in [3.63, 3.8) is 0 Å². The zero-order chi connectivity index (χ0) is 8.55. The van der Waals surface area contributed by atoms with Crippen molar-refractivity contribution in [1.29, 1.82) is 0 Å². The van der Waals surface area contributed by atoms with E-state index in [-0.39, 0.29) is 5.83 Å². The first-order valence-corrected chi connectivity index (χ1v) is 4.45. The van der Waals surface area contributed by atoms with Gasteiger partial charge < -0.3 is 5.32 Å². The van der Waals surface area contributed by atoms with E-state index in [0.717, 1.165) is 15.8 Å². The molecule has 62 valence electrons. The summed E-state index contributed by atoms with van der Waals surface area (Å²) in [5.74, 6) is -0.153. The first-order chi connectivity index (χ1) is 5.77. The summed E-state index contributed by atoms with van der Waals surface area (Å²) in [5.41, 5.74) is 1.74. The van der Waals surface area contributed by atoms with Crippen molar-refractivity contribution in [3.8, 4) is 0 Å². The molecule has 2 rings (SSSR count). The molecule has 1 aliphatic carbocycles. The van der Waals surface area contributed by atoms with Gasteiger partial charge in [0.15, 0.2) is 0 Å². The molecule has 1 nitrogen and oxygen atoms in total. The molecular weight excluding hydrogens is 221 g/mol. The van der Waals surface area contributed by atoms with Gasteiger partial charge in [0.25, 0.3) is 0 Å². The zero-order valence-electron chi connectivity index (χ0n) is 6.27. The van der Waals surface area contributed by atoms with Crippen LogP contribution in [0, 0.1) is 0 Å². The van der Waals surface area contributed by atoms with Crippen LogP contribution in [0.4, 0.5) is 4.39 Å². The summed E-state index contributed by atoms with van der Waals surface area (Å²) in [6, 6.07) is 0. The van der Waals surface area contributed by atoms with Crippen LogP contribution >= 0.6 is 15.9 Å². The Balaban J connectivity index is 2.54. The van der Waals surface area contributed by atoms with E-state index in [4.69, 9.17) is 0 Å². The quantitative estimate of drug-likeness (QED) is 0.672. The van der Waals surface area contributed by atoms with Gasteiger partial charge in [-0.05, 0) is 39.7 Å². The molecule has 0 aromatic carbocycles. The Hall–Kier alpha value is -0.830. The number of hydrogen-bond acceptors (Lipinski definition) is 1. The summed E-state index contributed by atoms with van der Waals surface area (Å²) in [5, 5.41) is 3.06. The molecule has 0 unspecified atom stereocenters. The van der Waals surface area contributed by atoms with Crippen molar-refractivity contribution < 1.29 is 4.39 Å². The second-order valence-electron chi connectivity index (χ2n) is 2.69. The molecule has 0 amide bonds. The highest BCUT2D eigenvalue weighted by molar-refractivity contribution is 9.11. The highest BCUT2D eigenvalue weighted by Crippen LogP contribution is 2.28. The minimum atomic E-state index is -0.153. The van der Waals surface area contributed by atoms with Gasteiger partial charge in [-0.1, -0.05) is 0 Å². The van der Waals surface area contributed by atoms with Gasteiger partial charge in [-0.2, -0.15) is 0 Å². The Morgan fingerprint density at radius 3 is 3.00 bits per heavy atom. The molecule has 0 saturated carbocycles. The number of nitrogens with one attached hydrogen (secondary N) is 1. The standard InChI is InChI=1S/C9H7BrFN/c10-7-1-2-8(11)6-3-4-12-9(7)5-6/h1-4,12H,5H2. The van der Waals surface area contributed by atoms with E-state index in [1.54, 1.807) is 18.4 Å². The normalized spacial score (nSPS) is 21.2. The molecule has 0 atom stereocenters. The smallest absolute Gasteiger partial charge is 0.126 e. The minimum absolute atomic E-state index is 0.153. The maximum absolute atomic E-state index is 13.2. The Bertz CT molecular complexity index is 336. The maximum Gasteiger partial charge on any atom is 0.126 e. The van der Waals surface area contributed by atoms with Crippen molar-refractivity contribution in [2.45, 2.75) is 6.42 Å². The van der Waals surface area contributed by atoms with Crippen LogP contribution in [-0.4, -0.2) is 0 Å². The van der Waals surface area contributed by atoms with E-state index in [2.05, 4.69) is 21.2 Å². The van der Waals surface area contributed by atoms with Gasteiger partial charge in [-0.25, -0.2) is 4.39 Å². The van der Waals surface area contributed by atoms with Gasteiger partial charge in [-0.15, -0.1) is 0 Å². The summed E-state index contributed by atoms with van der Waals surface area (Å²) in [6.07, 6.45) is 7.34. The summed E-state index contributed by atoms with van der Waals surface area (Å²) >= 11 is 3.36. The molecule has 0 spiro atoms. The molecule has 1 N–H and O–H groups in total. The predicted molar refractivity (Wildman–Crippen MR) is 50.1 cm³/mol. The number of allylic oxidation sites excluding steroid dienone is 6. The van der Waals surface area contributed by atoms with Crippen molar-refractivity contribution in [1.82, 2.24) is 5.32 Å². The third-order valence-corrected chi connectivity index (χ3v) is 2.62. The monoisotopic (exact) mass is 227 g/mol. The van der Waals surface area contributed by atoms with Crippen LogP contribution in [-0.2, 0) is 0 Å². The van der Waals surface area contributed by atoms with Crippen LogP contribution in [0.25, 0.3) is 0 Å². The lowest BCUT2D eigenvalue weighted by atomic mass is 10.1. The fourth-order valence-electron chi connectivity index (χ4n) is 1.21. The van der Waals surface area contributed by atoms with Crippen LogP contribution in [0.5, 0.6) is 0 Å². The molecule has 0 aromatic rings. The van der Waals surface area contributed by atoms with E-state index in [0.29, 0.717) is 6.42 Å². The Morgan fingerprint density at radius 2 is 2.17 bits per heavy atom. The lowest BCUT2D eigenvalue weighted by Crippen LogP contribution is -2.10. The molecule has 0 saturated heterocycles. The van der Waals surface area contributed by atoms with Crippen LogP contribution < -0.4 is 5.32 Å². The van der Waals surface area contributed by atoms with Crippen molar-refractivity contribution >= 4 is 15.9 Å². The first-order valence-electron chi connectivity index (χ1n) is 3.66. The minimum Gasteiger partial charge on any atom is -0.364 e. The van der Waals surface area contributed by atoms with Crippen LogP contribution in [0.2, 0.25) is 0 Å². The summed E-state index contributed by atoms with van der Waals surface area (Å²) in [4.78, 5) is 0. The molecule has 1 heterocycles. The second kappa shape index (κ2) is 2.90. The lowest BCUT2D eigenvalue weighted by Gasteiger charge is -2.13. The number of halogens is 2. The summed E-state index contributed by atoms with van der Waals surface area (Å²) in [7, 11) is 0. The maximum atomic E-state index is 13.2. The highest BCUT2D eigenvalue weighted by atomic mass is 79.9. The number of hydrogen-bond donors (Lipinski definition) is 1. The molecule has 1 aliphatic heterocycles. The van der Waals surface area contributed by atoms with Crippen LogP contribution in [0.1, 0.15) is 6.42 Å². The van der Waals surface area contributed by atoms with Gasteiger partial charge in [0.2, 0.25) is 0 Å². The van der Waals surface area contributed by atoms with Gasteiger partial charge >= 0.3 is 0 Å². The van der Waals surface area contributed by atoms with Crippen LogP contribution in [0.15, 0.2) is 46.0 Å². The van der Waals surface area contributed by atoms with Crippen LogP contribution in [0.3, 0.4) is 0 Å². The van der Waals surface area contributed by atoms with E-state index in [9.17, 15) is 4.39 Å². The molecule has 0 radical (unpaired) electrons. The lowest BCUT2D eigenvalue weighted by molar-refractivity contribution is 0.652. The fourth-order valence-corrected chi connectivity index (χ4v) is 1.60. The third kappa shape index (κ3) is 1.25. The molecular formula is C9H7BrFN. The van der Waals surface area contributed by atoms with E-state index >= 15 is 0 Å². The molecule has 0 fully saturated rings. The average molecular weight is 228 g/mol. The van der Waals surface area contributed by atoms with E-state index in [1.165, 1.54) is 6.08 Å². The predicted octanol–water partition coefficient (Wildman–Crippen LogP) is 2.89. The van der Waals surface area contributed by atoms with Crippen molar-refractivity contribution in [3.05, 3.63) is 46.0 Å². The van der Waals surface area contributed by atoms with E-state index < -0.39 is 0 Å². The fraction of sp³-hybridized carbons (Fsp3) is 0.111. The number of rotatable bonds is 0. The van der Waals surface area contributed by atoms with Gasteiger partial charge in [0.05, 0.1) is 0 Å². The molecule has 2 bridgehead atoms. The largest absolute Gasteiger partial charge is 0.364 e. The Labute approximate surface area is 78.5 Å². The molecule has 2 aliphatic rings. The van der Waals surface area contributed by atoms with Gasteiger partial charge in [-0.3, -0.25) is 0 Å². The Morgan fingerprint density at radius 1 is 1.33 bits per heavy atom. The Kier molecular flexibility index (Phi) is 1.89. The summed E-state index contributed by atoms with van der Waals surface area (Å²) < 4.78 is 14.1. The summed E-state index contributed by atoms with van der Waals surface area (Å²) in [6.45, 7) is 0. The average Bonchev–Trinajstić information content (AvgIpc) is 2.20.